The van der Waals surface area contributed by atoms with Crippen LogP contribution in [0, 0.1) is 18.8 Å². The summed E-state index contributed by atoms with van der Waals surface area (Å²) in [4.78, 5) is 8.69. The highest BCUT2D eigenvalue weighted by Gasteiger charge is 2.24. The van der Waals surface area contributed by atoms with Crippen LogP contribution in [0.2, 0.25) is 0 Å². The van der Waals surface area contributed by atoms with E-state index in [1.807, 2.05) is 6.92 Å². The molecule has 4 nitrogen and oxygen atoms in total. The largest absolute Gasteiger partial charge is 0.396 e. The van der Waals surface area contributed by atoms with Crippen molar-refractivity contribution in [2.24, 2.45) is 11.8 Å². The molecule has 19 heavy (non-hydrogen) atoms. The summed E-state index contributed by atoms with van der Waals surface area (Å²) >= 11 is 0. The molecule has 0 saturated heterocycles. The third kappa shape index (κ3) is 3.74. The highest BCUT2D eigenvalue weighted by atomic mass is 16.3. The molecule has 0 aromatic carbocycles. The third-order valence-electron chi connectivity index (χ3n) is 4.32. The van der Waals surface area contributed by atoms with E-state index in [0.29, 0.717) is 18.4 Å². The molecule has 4 heteroatoms. The van der Waals surface area contributed by atoms with Crippen LogP contribution in [0.4, 0.5) is 0 Å². The summed E-state index contributed by atoms with van der Waals surface area (Å²) in [5.74, 6) is 1.06. The van der Waals surface area contributed by atoms with E-state index in [0.717, 1.165) is 17.9 Å². The molecular weight excluding hydrogens is 238 g/mol. The molecule has 0 spiro atoms. The summed E-state index contributed by atoms with van der Waals surface area (Å²) < 4.78 is 0. The molecule has 3 atom stereocenters. The van der Waals surface area contributed by atoms with Gasteiger partial charge in [0, 0.05) is 25.0 Å². The highest BCUT2D eigenvalue weighted by Crippen LogP contribution is 2.29. The lowest BCUT2D eigenvalue weighted by molar-refractivity contribution is 0.131. The molecule has 0 radical (unpaired) electrons. The highest BCUT2D eigenvalue weighted by molar-refractivity contribution is 5.12. The van der Waals surface area contributed by atoms with Gasteiger partial charge in [-0.3, -0.25) is 9.97 Å². The van der Waals surface area contributed by atoms with Crippen LogP contribution < -0.4 is 5.32 Å². The second-order valence-corrected chi connectivity index (χ2v) is 5.64. The van der Waals surface area contributed by atoms with Gasteiger partial charge in [0.2, 0.25) is 0 Å². The number of aliphatic hydroxyl groups excluding tert-OH is 1. The quantitative estimate of drug-likeness (QED) is 0.855. The molecule has 0 amide bonds. The van der Waals surface area contributed by atoms with Crippen LogP contribution >= 0.6 is 0 Å². The summed E-state index contributed by atoms with van der Waals surface area (Å²) in [6, 6.07) is 0.218. The van der Waals surface area contributed by atoms with Crippen LogP contribution in [0.15, 0.2) is 12.4 Å². The smallest absolute Gasteiger partial charge is 0.0782 e. The minimum absolute atomic E-state index is 0.218. The number of aryl methyl sites for hydroxylation is 1. The number of hydrogen-bond acceptors (Lipinski definition) is 4. The fourth-order valence-electron chi connectivity index (χ4n) is 3.06. The van der Waals surface area contributed by atoms with Crippen LogP contribution in [0.1, 0.15) is 50.0 Å². The average molecular weight is 263 g/mol. The molecule has 1 aliphatic carbocycles. The Labute approximate surface area is 115 Å². The van der Waals surface area contributed by atoms with E-state index in [9.17, 15) is 5.11 Å². The van der Waals surface area contributed by atoms with Crippen molar-refractivity contribution >= 4 is 0 Å². The van der Waals surface area contributed by atoms with Crippen LogP contribution in [0.3, 0.4) is 0 Å². The first kappa shape index (κ1) is 14.4. The van der Waals surface area contributed by atoms with Gasteiger partial charge < -0.3 is 10.4 Å². The van der Waals surface area contributed by atoms with Crippen molar-refractivity contribution in [1.82, 2.24) is 15.3 Å². The van der Waals surface area contributed by atoms with Crippen LogP contribution in [0.5, 0.6) is 0 Å². The molecule has 0 aliphatic heterocycles. The molecule has 1 saturated carbocycles. The van der Waals surface area contributed by atoms with Crippen molar-refractivity contribution in [3.63, 3.8) is 0 Å². The molecular formula is C15H25N3O. The Balaban J connectivity index is 1.89. The van der Waals surface area contributed by atoms with Gasteiger partial charge in [0.25, 0.3) is 0 Å². The van der Waals surface area contributed by atoms with Gasteiger partial charge in [-0.25, -0.2) is 0 Å². The summed E-state index contributed by atoms with van der Waals surface area (Å²) in [6.07, 6.45) is 8.43. The van der Waals surface area contributed by atoms with E-state index in [2.05, 4.69) is 22.2 Å². The number of hydrogen-bond donors (Lipinski definition) is 2. The first-order valence-corrected chi connectivity index (χ1v) is 7.34. The van der Waals surface area contributed by atoms with Crippen LogP contribution in [0.25, 0.3) is 0 Å². The molecule has 106 valence electrons. The Morgan fingerprint density at radius 1 is 1.26 bits per heavy atom. The maximum Gasteiger partial charge on any atom is 0.0782 e. The lowest BCUT2D eigenvalue weighted by atomic mass is 9.79. The Hall–Kier alpha value is -1.00. The second-order valence-electron chi connectivity index (χ2n) is 5.64. The fraction of sp³-hybridized carbons (Fsp3) is 0.733. The Bertz CT molecular complexity index is 397. The monoisotopic (exact) mass is 263 g/mol. The Morgan fingerprint density at radius 3 is 2.63 bits per heavy atom. The molecule has 1 aromatic heterocycles. The topological polar surface area (TPSA) is 58.0 Å². The number of rotatable bonds is 5. The van der Waals surface area contributed by atoms with Gasteiger partial charge in [-0.05, 0) is 45.1 Å². The van der Waals surface area contributed by atoms with Crippen LogP contribution in [-0.2, 0) is 0 Å². The van der Waals surface area contributed by atoms with Gasteiger partial charge in [0.15, 0.2) is 0 Å². The lowest BCUT2D eigenvalue weighted by Gasteiger charge is -2.31. The standard InChI is InChI=1S/C15H25N3O/c1-11-15(17-8-7-16-11)12(2)18-9-13-5-3-4-6-14(13)10-19/h7-8,12-14,18-19H,3-6,9-10H2,1-2H3. The zero-order valence-corrected chi connectivity index (χ0v) is 12.0. The van der Waals surface area contributed by atoms with Crippen molar-refractivity contribution in [3.8, 4) is 0 Å². The Kier molecular flexibility index (Phi) is 5.28. The Morgan fingerprint density at radius 2 is 1.95 bits per heavy atom. The predicted molar refractivity (Wildman–Crippen MR) is 75.7 cm³/mol. The third-order valence-corrected chi connectivity index (χ3v) is 4.32. The van der Waals surface area contributed by atoms with Crippen molar-refractivity contribution in [2.75, 3.05) is 13.2 Å². The predicted octanol–water partition coefficient (Wildman–Crippen LogP) is 2.23. The summed E-state index contributed by atoms with van der Waals surface area (Å²) in [6.45, 7) is 5.42. The number of aliphatic hydroxyl groups is 1. The van der Waals surface area contributed by atoms with E-state index in [4.69, 9.17) is 0 Å². The maximum atomic E-state index is 9.44. The zero-order valence-electron chi connectivity index (χ0n) is 12.0. The summed E-state index contributed by atoms with van der Waals surface area (Å²) in [5, 5.41) is 13.0. The molecule has 2 N–H and O–H groups in total. The number of nitrogens with zero attached hydrogens (tertiary/aromatic N) is 2. The maximum absolute atomic E-state index is 9.44. The molecule has 1 aliphatic rings. The van der Waals surface area contributed by atoms with Crippen molar-refractivity contribution in [2.45, 2.75) is 45.6 Å². The van der Waals surface area contributed by atoms with E-state index in [1.165, 1.54) is 25.7 Å². The van der Waals surface area contributed by atoms with Crippen molar-refractivity contribution < 1.29 is 5.11 Å². The van der Waals surface area contributed by atoms with Crippen molar-refractivity contribution in [3.05, 3.63) is 23.8 Å². The number of nitrogens with one attached hydrogen (secondary N) is 1. The summed E-state index contributed by atoms with van der Waals surface area (Å²) in [7, 11) is 0. The van der Waals surface area contributed by atoms with E-state index in [1.54, 1.807) is 12.4 Å². The SMILES string of the molecule is Cc1nccnc1C(C)NCC1CCCCC1CO. The number of aromatic nitrogens is 2. The van der Waals surface area contributed by atoms with Crippen molar-refractivity contribution in [1.29, 1.82) is 0 Å². The van der Waals surface area contributed by atoms with Gasteiger partial charge in [-0.2, -0.15) is 0 Å². The van der Waals surface area contributed by atoms with Gasteiger partial charge in [0.05, 0.1) is 11.4 Å². The molecule has 2 rings (SSSR count). The molecule has 0 bridgehead atoms. The molecule has 1 heterocycles. The van der Waals surface area contributed by atoms with Crippen LogP contribution in [-0.4, -0.2) is 28.2 Å². The van der Waals surface area contributed by atoms with Gasteiger partial charge in [0.1, 0.15) is 0 Å². The van der Waals surface area contributed by atoms with Gasteiger partial charge >= 0.3 is 0 Å². The van der Waals surface area contributed by atoms with Gasteiger partial charge in [-0.1, -0.05) is 12.8 Å². The zero-order chi connectivity index (χ0) is 13.7. The molecule has 1 aromatic rings. The van der Waals surface area contributed by atoms with E-state index >= 15 is 0 Å². The molecule has 1 fully saturated rings. The minimum Gasteiger partial charge on any atom is -0.396 e. The normalized spacial score (nSPS) is 25.2. The fourth-order valence-corrected chi connectivity index (χ4v) is 3.06. The molecule has 3 unspecified atom stereocenters. The first-order valence-electron chi connectivity index (χ1n) is 7.34. The second kappa shape index (κ2) is 6.96. The summed E-state index contributed by atoms with van der Waals surface area (Å²) in [5.41, 5.74) is 2.02. The van der Waals surface area contributed by atoms with Gasteiger partial charge in [-0.15, -0.1) is 0 Å². The van der Waals surface area contributed by atoms with E-state index in [-0.39, 0.29) is 6.04 Å². The lowest BCUT2D eigenvalue weighted by Crippen LogP contribution is -2.34. The average Bonchev–Trinajstić information content (AvgIpc) is 2.45. The minimum atomic E-state index is 0.218. The first-order chi connectivity index (χ1) is 9.22. The van der Waals surface area contributed by atoms with E-state index < -0.39 is 0 Å².